The van der Waals surface area contributed by atoms with E-state index in [0.29, 0.717) is 6.04 Å². The molecule has 1 N–H and O–H groups in total. The molecule has 3 heterocycles. The van der Waals surface area contributed by atoms with Crippen LogP contribution < -0.4 is 5.32 Å². The highest BCUT2D eigenvalue weighted by molar-refractivity contribution is 5.61. The zero-order valence-electron chi connectivity index (χ0n) is 9.52. The normalized spacial score (nSPS) is 19.1. The highest BCUT2D eigenvalue weighted by Crippen LogP contribution is 2.23. The van der Waals surface area contributed by atoms with Gasteiger partial charge in [0.15, 0.2) is 0 Å². The topological polar surface area (TPSA) is 42.7 Å². The van der Waals surface area contributed by atoms with Crippen molar-refractivity contribution in [2.45, 2.75) is 26.1 Å². The highest BCUT2D eigenvalue weighted by atomic mass is 19.1. The van der Waals surface area contributed by atoms with E-state index < -0.39 is 0 Å². The monoisotopic (exact) mass is 232 g/mol. The summed E-state index contributed by atoms with van der Waals surface area (Å²) in [5.41, 5.74) is 2.86. The number of nitrogens with zero attached hydrogens (tertiary/aromatic N) is 3. The van der Waals surface area contributed by atoms with Gasteiger partial charge in [0.1, 0.15) is 5.82 Å². The number of pyridine rings is 1. The summed E-state index contributed by atoms with van der Waals surface area (Å²) in [6.45, 7) is 3.76. The molecule has 2 aromatic rings. The Kier molecular flexibility index (Phi) is 2.40. The maximum Gasteiger partial charge on any atom is 0.141 e. The number of aromatic nitrogens is 3. The molecule has 3 rings (SSSR count). The first-order valence-electron chi connectivity index (χ1n) is 5.64. The molecule has 0 aromatic carbocycles. The maximum absolute atomic E-state index is 12.8. The van der Waals surface area contributed by atoms with E-state index in [1.165, 1.54) is 12.3 Å². The van der Waals surface area contributed by atoms with Crippen molar-refractivity contribution in [3.63, 3.8) is 0 Å². The van der Waals surface area contributed by atoms with Crippen LogP contribution in [0, 0.1) is 5.82 Å². The molecule has 5 heteroatoms. The fraction of sp³-hybridized carbons (Fsp3) is 0.333. The van der Waals surface area contributed by atoms with Crippen molar-refractivity contribution in [2.24, 2.45) is 0 Å². The quantitative estimate of drug-likeness (QED) is 0.811. The van der Waals surface area contributed by atoms with Crippen LogP contribution in [-0.4, -0.2) is 20.8 Å². The Hall–Kier alpha value is -1.75. The molecule has 2 aromatic heterocycles. The SMILES string of the molecule is C[C@H]1Cn2ncc(-c3ccc(F)cn3)c2CN1. The second-order valence-electron chi connectivity index (χ2n) is 4.33. The van der Waals surface area contributed by atoms with Crippen LogP contribution in [0.4, 0.5) is 4.39 Å². The van der Waals surface area contributed by atoms with Crippen LogP contribution in [0.25, 0.3) is 11.3 Å². The van der Waals surface area contributed by atoms with Crippen LogP contribution in [0.2, 0.25) is 0 Å². The second-order valence-corrected chi connectivity index (χ2v) is 4.33. The lowest BCUT2D eigenvalue weighted by Gasteiger charge is -2.22. The summed E-state index contributed by atoms with van der Waals surface area (Å²) >= 11 is 0. The van der Waals surface area contributed by atoms with E-state index in [4.69, 9.17) is 0 Å². The molecule has 0 radical (unpaired) electrons. The highest BCUT2D eigenvalue weighted by Gasteiger charge is 2.19. The third-order valence-electron chi connectivity index (χ3n) is 3.02. The lowest BCUT2D eigenvalue weighted by molar-refractivity contribution is 0.390. The molecular formula is C12H13FN4. The van der Waals surface area contributed by atoms with Gasteiger partial charge in [-0.15, -0.1) is 0 Å². The molecule has 1 atom stereocenters. The Labute approximate surface area is 98.5 Å². The van der Waals surface area contributed by atoms with E-state index in [1.807, 2.05) is 4.68 Å². The summed E-state index contributed by atoms with van der Waals surface area (Å²) in [7, 11) is 0. The third kappa shape index (κ3) is 1.82. The van der Waals surface area contributed by atoms with Gasteiger partial charge >= 0.3 is 0 Å². The van der Waals surface area contributed by atoms with Gasteiger partial charge in [0.05, 0.1) is 30.3 Å². The molecule has 0 saturated carbocycles. The summed E-state index contributed by atoms with van der Waals surface area (Å²) in [5, 5.41) is 7.73. The average molecular weight is 232 g/mol. The van der Waals surface area contributed by atoms with E-state index in [2.05, 4.69) is 22.3 Å². The van der Waals surface area contributed by atoms with Crippen molar-refractivity contribution >= 4 is 0 Å². The first kappa shape index (κ1) is 10.4. The molecule has 0 bridgehead atoms. The Morgan fingerprint density at radius 2 is 2.29 bits per heavy atom. The molecular weight excluding hydrogens is 219 g/mol. The molecule has 0 spiro atoms. The summed E-state index contributed by atoms with van der Waals surface area (Å²) in [6.07, 6.45) is 3.04. The first-order chi connectivity index (χ1) is 8.24. The van der Waals surface area contributed by atoms with Crippen LogP contribution in [0.15, 0.2) is 24.5 Å². The smallest absolute Gasteiger partial charge is 0.141 e. The number of nitrogens with one attached hydrogen (secondary N) is 1. The van der Waals surface area contributed by atoms with Crippen molar-refractivity contribution in [2.75, 3.05) is 0 Å². The fourth-order valence-electron chi connectivity index (χ4n) is 2.10. The van der Waals surface area contributed by atoms with Gasteiger partial charge in [-0.05, 0) is 19.1 Å². The molecule has 1 aliphatic rings. The predicted molar refractivity (Wildman–Crippen MR) is 61.7 cm³/mol. The molecule has 0 saturated heterocycles. The number of hydrogen-bond acceptors (Lipinski definition) is 3. The zero-order chi connectivity index (χ0) is 11.8. The summed E-state index contributed by atoms with van der Waals surface area (Å²) < 4.78 is 14.8. The van der Waals surface area contributed by atoms with E-state index in [-0.39, 0.29) is 5.82 Å². The van der Waals surface area contributed by atoms with E-state index in [9.17, 15) is 4.39 Å². The van der Waals surface area contributed by atoms with Crippen LogP contribution in [0.1, 0.15) is 12.6 Å². The van der Waals surface area contributed by atoms with Crippen molar-refractivity contribution in [1.29, 1.82) is 0 Å². The van der Waals surface area contributed by atoms with Gasteiger partial charge in [-0.3, -0.25) is 9.67 Å². The average Bonchev–Trinajstić information content (AvgIpc) is 2.73. The van der Waals surface area contributed by atoms with Crippen LogP contribution in [-0.2, 0) is 13.1 Å². The van der Waals surface area contributed by atoms with Crippen molar-refractivity contribution in [3.8, 4) is 11.3 Å². The van der Waals surface area contributed by atoms with E-state index >= 15 is 0 Å². The van der Waals surface area contributed by atoms with Crippen molar-refractivity contribution in [3.05, 3.63) is 36.0 Å². The molecule has 1 aliphatic heterocycles. The van der Waals surface area contributed by atoms with Crippen molar-refractivity contribution < 1.29 is 4.39 Å². The lowest BCUT2D eigenvalue weighted by atomic mass is 10.1. The lowest BCUT2D eigenvalue weighted by Crippen LogP contribution is -2.36. The van der Waals surface area contributed by atoms with Crippen LogP contribution in [0.5, 0.6) is 0 Å². The number of fused-ring (bicyclic) bond motifs is 1. The Balaban J connectivity index is 2.02. The Bertz CT molecular complexity index is 532. The summed E-state index contributed by atoms with van der Waals surface area (Å²) in [6, 6.07) is 3.53. The molecule has 4 nitrogen and oxygen atoms in total. The minimum absolute atomic E-state index is 0.318. The standard InChI is InChI=1S/C12H13FN4/c1-8-7-17-12(6-14-8)10(5-16-17)11-3-2-9(13)4-15-11/h2-5,8,14H,6-7H2,1H3/t8-/m0/s1. The maximum atomic E-state index is 12.8. The number of hydrogen-bond donors (Lipinski definition) is 1. The summed E-state index contributed by atoms with van der Waals surface area (Å²) in [4.78, 5) is 4.09. The van der Waals surface area contributed by atoms with Gasteiger partial charge in [-0.2, -0.15) is 5.10 Å². The van der Waals surface area contributed by atoms with Gasteiger partial charge < -0.3 is 5.32 Å². The number of halogens is 1. The molecule has 88 valence electrons. The summed E-state index contributed by atoms with van der Waals surface area (Å²) in [5.74, 6) is -0.318. The minimum atomic E-state index is -0.318. The zero-order valence-corrected chi connectivity index (χ0v) is 9.52. The van der Waals surface area contributed by atoms with E-state index in [1.54, 1.807) is 12.3 Å². The fourth-order valence-corrected chi connectivity index (χ4v) is 2.10. The van der Waals surface area contributed by atoms with Gasteiger partial charge in [-0.25, -0.2) is 4.39 Å². The Morgan fingerprint density at radius 3 is 3.06 bits per heavy atom. The molecule has 0 aliphatic carbocycles. The first-order valence-corrected chi connectivity index (χ1v) is 5.64. The minimum Gasteiger partial charge on any atom is -0.307 e. The molecule has 0 unspecified atom stereocenters. The van der Waals surface area contributed by atoms with Gasteiger partial charge in [-0.1, -0.05) is 0 Å². The third-order valence-corrected chi connectivity index (χ3v) is 3.02. The van der Waals surface area contributed by atoms with E-state index in [0.717, 1.165) is 30.0 Å². The van der Waals surface area contributed by atoms with Gasteiger partial charge in [0, 0.05) is 18.2 Å². The van der Waals surface area contributed by atoms with Crippen LogP contribution >= 0.6 is 0 Å². The van der Waals surface area contributed by atoms with Crippen LogP contribution in [0.3, 0.4) is 0 Å². The molecule has 0 amide bonds. The van der Waals surface area contributed by atoms with Gasteiger partial charge in [0.25, 0.3) is 0 Å². The second kappa shape index (κ2) is 3.92. The molecule has 0 fully saturated rings. The van der Waals surface area contributed by atoms with Gasteiger partial charge in [0.2, 0.25) is 0 Å². The predicted octanol–water partition coefficient (Wildman–Crippen LogP) is 1.58. The Morgan fingerprint density at radius 1 is 1.41 bits per heavy atom. The number of rotatable bonds is 1. The largest absolute Gasteiger partial charge is 0.307 e. The molecule has 17 heavy (non-hydrogen) atoms. The van der Waals surface area contributed by atoms with Crippen molar-refractivity contribution in [1.82, 2.24) is 20.1 Å².